The van der Waals surface area contributed by atoms with Crippen LogP contribution in [0.4, 0.5) is 0 Å². The summed E-state index contributed by atoms with van der Waals surface area (Å²) >= 11 is 0. The van der Waals surface area contributed by atoms with Crippen LogP contribution in [0.15, 0.2) is 0 Å². The van der Waals surface area contributed by atoms with E-state index in [0.29, 0.717) is 6.23 Å². The largest absolute Gasteiger partial charge is 0.495 e. The average molecular weight is 503 g/mol. The lowest BCUT2D eigenvalue weighted by atomic mass is 11.7. The summed E-state index contributed by atoms with van der Waals surface area (Å²) in [5, 5.41) is 9.79. The molecule has 0 fully saturated rings. The topological polar surface area (TPSA) is 66.4 Å². The number of aliphatic hydroxyl groups is 1. The maximum absolute atomic E-state index is 9.79. The third-order valence-electron chi connectivity index (χ3n) is 3.65. The smallest absolute Gasteiger partial charge is 0.418 e. The molecule has 1 atom stereocenters. The summed E-state index contributed by atoms with van der Waals surface area (Å²) in [4.78, 5) is 0. The van der Waals surface area contributed by atoms with E-state index in [1.165, 1.54) is 0 Å². The molecule has 12 heteroatoms. The van der Waals surface area contributed by atoms with Gasteiger partial charge in [0.05, 0.1) is 6.23 Å². The predicted octanol–water partition coefficient (Wildman–Crippen LogP) is 4.53. The molecule has 0 amide bonds. The summed E-state index contributed by atoms with van der Waals surface area (Å²) in [5.74, 6) is 0. The third kappa shape index (κ3) is 12.7. The van der Waals surface area contributed by atoms with E-state index in [0.717, 1.165) is 5.67 Å². The first-order valence-corrected chi connectivity index (χ1v) is 28.2. The van der Waals surface area contributed by atoms with E-state index in [1.54, 1.807) is 7.11 Å². The van der Waals surface area contributed by atoms with Gasteiger partial charge in [-0.25, -0.2) is 0 Å². The highest BCUT2D eigenvalue weighted by atomic mass is 28.5. The molecule has 0 radical (unpaired) electrons. The van der Waals surface area contributed by atoms with E-state index in [1.807, 2.05) is 0 Å². The summed E-state index contributed by atoms with van der Waals surface area (Å²) in [6, 6.07) is 0. The molecule has 0 aliphatic carbocycles. The summed E-state index contributed by atoms with van der Waals surface area (Å²) < 4.78 is 32.3. The number of rotatable bonds is 13. The minimum absolute atomic E-state index is 0.105. The van der Waals surface area contributed by atoms with Crippen LogP contribution in [0.25, 0.3) is 0 Å². The minimum Gasteiger partial charge on any atom is -0.418 e. The molecule has 0 aliphatic rings. The van der Waals surface area contributed by atoms with Crippen molar-refractivity contribution in [3.8, 4) is 0 Å². The molecule has 170 valence electrons. The molecule has 1 N–H and O–H groups in total. The molecular weight excluding hydrogens is 457 g/mol. The van der Waals surface area contributed by atoms with Crippen LogP contribution in [-0.4, -0.2) is 75.1 Å². The van der Waals surface area contributed by atoms with Crippen molar-refractivity contribution >= 4 is 50.4 Å². The van der Waals surface area contributed by atoms with Gasteiger partial charge in [0, 0.05) is 7.11 Å². The molecule has 0 aromatic carbocycles. The number of aliphatic hydroxyl groups excluding tert-OH is 1. The quantitative estimate of drug-likeness (QED) is 0.373. The third-order valence-corrected chi connectivity index (χ3v) is 24.5. The first-order valence-electron chi connectivity index (χ1n) is 10.1. The van der Waals surface area contributed by atoms with Crippen molar-refractivity contribution in [2.75, 3.05) is 19.6 Å². The van der Waals surface area contributed by atoms with Gasteiger partial charge in [-0.1, -0.05) is 0 Å². The van der Waals surface area contributed by atoms with Gasteiger partial charge in [0.2, 0.25) is 8.32 Å². The molecule has 0 rings (SSSR count). The first-order chi connectivity index (χ1) is 12.2. The Labute approximate surface area is 180 Å². The van der Waals surface area contributed by atoms with Gasteiger partial charge in [-0.3, -0.25) is 0 Å². The Morgan fingerprint density at radius 1 is 0.643 bits per heavy atom. The van der Waals surface area contributed by atoms with E-state index >= 15 is 0 Å². The fraction of sp³-hybridized carbons (Fsp3) is 1.00. The molecule has 0 bridgehead atoms. The molecule has 0 spiro atoms. The highest BCUT2D eigenvalue weighted by molar-refractivity contribution is 6.92. The van der Waals surface area contributed by atoms with E-state index in [2.05, 4.69) is 78.6 Å². The Hall–Kier alpha value is 1.06. The van der Waals surface area contributed by atoms with Crippen molar-refractivity contribution in [3.05, 3.63) is 0 Å². The van der Waals surface area contributed by atoms with Crippen LogP contribution in [0.1, 0.15) is 0 Å². The molecule has 1 unspecified atom stereocenters. The van der Waals surface area contributed by atoms with Gasteiger partial charge < -0.3 is 26.3 Å². The Bertz CT molecular complexity index is 439. The van der Waals surface area contributed by atoms with Gasteiger partial charge in [0.1, 0.15) is 6.23 Å². The zero-order chi connectivity index (χ0) is 22.7. The number of hydrogen-bond donors (Lipinski definition) is 1. The van der Waals surface area contributed by atoms with Gasteiger partial charge in [0.15, 0.2) is 33.3 Å². The fourth-order valence-electron chi connectivity index (χ4n) is 2.98. The monoisotopic (exact) mass is 502 g/mol. The van der Waals surface area contributed by atoms with Gasteiger partial charge in [-0.05, 0) is 84.2 Å². The lowest BCUT2D eigenvalue weighted by Gasteiger charge is -2.44. The molecule has 6 nitrogen and oxygen atoms in total. The summed E-state index contributed by atoms with van der Waals surface area (Å²) in [5.41, 5.74) is 0.824. The second-order valence-corrected chi connectivity index (χ2v) is 37.0. The Morgan fingerprint density at radius 2 is 1.00 bits per heavy atom. The fourth-order valence-corrected chi connectivity index (χ4v) is 27.5. The number of hydrogen-bond acceptors (Lipinski definition) is 6. The zero-order valence-electron chi connectivity index (χ0n) is 20.6. The normalized spacial score (nSPS) is 16.9. The summed E-state index contributed by atoms with van der Waals surface area (Å²) in [6.45, 7) is 26.0. The van der Waals surface area contributed by atoms with Crippen molar-refractivity contribution in [1.82, 2.24) is 0 Å². The molecule has 0 saturated carbocycles. The van der Waals surface area contributed by atoms with Crippen LogP contribution in [0.2, 0.25) is 84.2 Å². The lowest BCUT2D eigenvalue weighted by molar-refractivity contribution is 0.201. The Balaban J connectivity index is 5.77. The SMILES string of the molecule is CO[Si](C)(CO)C[Si](C)(C)OC[Si](O[Si](C)(C)C)(O[Si](C)(C)C)O[Si](C)(C)C. The van der Waals surface area contributed by atoms with Crippen molar-refractivity contribution in [3.63, 3.8) is 0 Å². The van der Waals surface area contributed by atoms with Gasteiger partial charge >= 0.3 is 8.80 Å². The van der Waals surface area contributed by atoms with Crippen LogP contribution < -0.4 is 0 Å². The molecule has 28 heavy (non-hydrogen) atoms. The summed E-state index contributed by atoms with van der Waals surface area (Å²) in [7, 11) is -11.3. The van der Waals surface area contributed by atoms with Crippen LogP contribution >= 0.6 is 0 Å². The van der Waals surface area contributed by atoms with E-state index < -0.39 is 50.4 Å². The molecule has 0 aromatic heterocycles. The van der Waals surface area contributed by atoms with Crippen molar-refractivity contribution in [1.29, 1.82) is 0 Å². The molecular formula is C16H46O6Si6. The predicted molar refractivity (Wildman–Crippen MR) is 133 cm³/mol. The highest BCUT2D eigenvalue weighted by Crippen LogP contribution is 2.28. The van der Waals surface area contributed by atoms with Gasteiger partial charge in [0.25, 0.3) is 0 Å². The van der Waals surface area contributed by atoms with Gasteiger partial charge in [-0.2, -0.15) is 0 Å². The highest BCUT2D eigenvalue weighted by Gasteiger charge is 2.52. The Morgan fingerprint density at radius 3 is 1.25 bits per heavy atom. The van der Waals surface area contributed by atoms with E-state index in [4.69, 9.17) is 21.2 Å². The average Bonchev–Trinajstić information content (AvgIpc) is 2.39. The van der Waals surface area contributed by atoms with Crippen molar-refractivity contribution in [2.24, 2.45) is 0 Å². The van der Waals surface area contributed by atoms with E-state index in [9.17, 15) is 5.11 Å². The zero-order valence-corrected chi connectivity index (χ0v) is 26.6. The lowest BCUT2D eigenvalue weighted by Crippen LogP contribution is -2.64. The van der Waals surface area contributed by atoms with Crippen molar-refractivity contribution < 1.29 is 26.3 Å². The molecule has 0 saturated heterocycles. The standard InChI is InChI=1S/C16H46O6Si6/c1-18-27(13,14-17)16-26(11,12)19-15-28(20-23(2,3)4,21-24(5,6)7)22-25(8,9)10/h17H,14-16H2,1-13H3. The van der Waals surface area contributed by atoms with Crippen molar-refractivity contribution in [2.45, 2.75) is 84.2 Å². The first kappa shape index (κ1) is 29.1. The maximum atomic E-state index is 9.79. The van der Waals surface area contributed by atoms with Crippen LogP contribution in [0.5, 0.6) is 0 Å². The van der Waals surface area contributed by atoms with Crippen LogP contribution in [0.3, 0.4) is 0 Å². The maximum Gasteiger partial charge on any atom is 0.495 e. The molecule has 0 aromatic rings. The Kier molecular flexibility index (Phi) is 10.5. The van der Waals surface area contributed by atoms with Gasteiger partial charge in [-0.15, -0.1) is 0 Å². The minimum atomic E-state index is -3.00. The second kappa shape index (κ2) is 10.1. The van der Waals surface area contributed by atoms with E-state index in [-0.39, 0.29) is 6.23 Å². The van der Waals surface area contributed by atoms with Crippen LogP contribution in [-0.2, 0) is 21.2 Å². The molecule has 0 aliphatic heterocycles. The second-order valence-electron chi connectivity index (χ2n) is 11.4. The summed E-state index contributed by atoms with van der Waals surface area (Å²) in [6.07, 6.45) is 0.499. The molecule has 0 heterocycles. The van der Waals surface area contributed by atoms with Crippen LogP contribution in [0, 0.1) is 0 Å².